The van der Waals surface area contributed by atoms with Crippen LogP contribution in [0.4, 0.5) is 26.3 Å². The smallest absolute Gasteiger partial charge is 0.416 e. The number of nitrogens with one attached hydrogen (secondary N) is 1. The van der Waals surface area contributed by atoms with Gasteiger partial charge in [0.1, 0.15) is 5.82 Å². The van der Waals surface area contributed by atoms with Crippen LogP contribution >= 0.6 is 0 Å². The fraction of sp³-hybridized carbons (Fsp3) is 0.444. The molecule has 1 heterocycles. The minimum atomic E-state index is -5.11. The van der Waals surface area contributed by atoms with Crippen molar-refractivity contribution in [2.45, 2.75) is 44.8 Å². The highest BCUT2D eigenvalue weighted by molar-refractivity contribution is 5.78. The molecule has 1 N–H and O–H groups in total. The van der Waals surface area contributed by atoms with Crippen molar-refractivity contribution in [2.24, 2.45) is 5.41 Å². The predicted molar refractivity (Wildman–Crippen MR) is 83.1 cm³/mol. The van der Waals surface area contributed by atoms with E-state index >= 15 is 0 Å². The normalized spacial score (nSPS) is 25.4. The molecule has 152 valence electrons. The lowest BCUT2D eigenvalue weighted by atomic mass is 9.60. The van der Waals surface area contributed by atoms with Gasteiger partial charge in [0.25, 0.3) is 6.43 Å². The average Bonchev–Trinajstić information content (AvgIpc) is 2.59. The first-order valence-electron chi connectivity index (χ1n) is 8.15. The molecular formula is C18H15F6N2O2-. The highest BCUT2D eigenvalue weighted by atomic mass is 19.4. The fourth-order valence-corrected chi connectivity index (χ4v) is 3.80. The number of nitriles is 1. The predicted octanol–water partition coefficient (Wildman–Crippen LogP) is 3.11. The largest absolute Gasteiger partial charge is 0.549 e. The van der Waals surface area contributed by atoms with E-state index in [4.69, 9.17) is 0 Å². The lowest BCUT2D eigenvalue weighted by Gasteiger charge is -2.50. The highest BCUT2D eigenvalue weighted by Crippen LogP contribution is 2.53. The van der Waals surface area contributed by atoms with Gasteiger partial charge in [0, 0.05) is 17.0 Å². The molecule has 4 nitrogen and oxygen atoms in total. The summed E-state index contributed by atoms with van der Waals surface area (Å²) in [4.78, 5) is 12.0. The molecular weight excluding hydrogens is 390 g/mol. The molecule has 2 rings (SSSR count). The lowest BCUT2D eigenvalue weighted by molar-refractivity contribution is -0.324. The van der Waals surface area contributed by atoms with Gasteiger partial charge >= 0.3 is 6.18 Å². The Kier molecular flexibility index (Phi) is 5.69. The lowest BCUT2D eigenvalue weighted by Crippen LogP contribution is -2.63. The minimum absolute atomic E-state index is 0.148. The molecule has 0 aromatic heterocycles. The van der Waals surface area contributed by atoms with Crippen molar-refractivity contribution >= 4 is 5.97 Å². The Balaban J connectivity index is 2.97. The van der Waals surface area contributed by atoms with E-state index in [1.165, 1.54) is 13.8 Å². The maximum Gasteiger partial charge on any atom is 0.416 e. The number of hydrogen-bond donors (Lipinski definition) is 1. The SMILES string of the molecule is CCC1(C(=O)[O-])C(c2ccc(F)cc2C(F)(F)F)C(C#N)=C(C)NC1C(F)F. The molecule has 1 aliphatic rings. The van der Waals surface area contributed by atoms with Crippen molar-refractivity contribution in [2.75, 3.05) is 0 Å². The number of alkyl halides is 5. The van der Waals surface area contributed by atoms with E-state index in [0.717, 1.165) is 0 Å². The first-order valence-corrected chi connectivity index (χ1v) is 8.15. The Hall–Kier alpha value is -2.70. The van der Waals surface area contributed by atoms with Crippen LogP contribution in [-0.2, 0) is 11.0 Å². The maximum atomic E-state index is 13.7. The highest BCUT2D eigenvalue weighted by Gasteiger charge is 2.56. The van der Waals surface area contributed by atoms with Crippen LogP contribution in [0, 0.1) is 22.6 Å². The molecule has 0 radical (unpaired) electrons. The zero-order chi connectivity index (χ0) is 21.4. The van der Waals surface area contributed by atoms with Crippen LogP contribution in [0.15, 0.2) is 29.5 Å². The van der Waals surface area contributed by atoms with Gasteiger partial charge < -0.3 is 15.2 Å². The van der Waals surface area contributed by atoms with Gasteiger partial charge in [0.15, 0.2) is 0 Å². The molecule has 0 saturated heterocycles. The summed E-state index contributed by atoms with van der Waals surface area (Å²) in [5, 5.41) is 23.7. The second-order valence-electron chi connectivity index (χ2n) is 6.45. The second kappa shape index (κ2) is 7.37. The van der Waals surface area contributed by atoms with Crippen molar-refractivity contribution in [3.63, 3.8) is 0 Å². The number of halogens is 6. The van der Waals surface area contributed by atoms with E-state index < -0.39 is 64.9 Å². The molecule has 28 heavy (non-hydrogen) atoms. The van der Waals surface area contributed by atoms with Gasteiger partial charge in [-0.05, 0) is 31.0 Å². The molecule has 1 aromatic rings. The number of aliphatic carboxylic acids is 1. The summed E-state index contributed by atoms with van der Waals surface area (Å²) in [6.45, 7) is 2.39. The van der Waals surface area contributed by atoms with E-state index in [2.05, 4.69) is 5.32 Å². The van der Waals surface area contributed by atoms with Crippen LogP contribution in [0.2, 0.25) is 0 Å². The van der Waals surface area contributed by atoms with E-state index in [-0.39, 0.29) is 11.8 Å². The third kappa shape index (κ3) is 3.30. The Morgan fingerprint density at radius 1 is 1.39 bits per heavy atom. The molecule has 10 heteroatoms. The molecule has 0 spiro atoms. The van der Waals surface area contributed by atoms with Crippen molar-refractivity contribution in [1.82, 2.24) is 5.32 Å². The van der Waals surface area contributed by atoms with Crippen LogP contribution in [0.3, 0.4) is 0 Å². The van der Waals surface area contributed by atoms with Crippen molar-refractivity contribution in [1.29, 1.82) is 5.26 Å². The molecule has 0 fully saturated rings. The van der Waals surface area contributed by atoms with Crippen molar-refractivity contribution in [3.8, 4) is 6.07 Å². The number of carboxylic acids is 1. The summed E-state index contributed by atoms with van der Waals surface area (Å²) < 4.78 is 81.5. The van der Waals surface area contributed by atoms with Gasteiger partial charge in [0.05, 0.1) is 29.2 Å². The number of nitrogens with zero attached hydrogens (tertiary/aromatic N) is 1. The van der Waals surface area contributed by atoms with E-state index in [0.29, 0.717) is 12.1 Å². The summed E-state index contributed by atoms with van der Waals surface area (Å²) in [5.74, 6) is -5.19. The monoisotopic (exact) mass is 405 g/mol. The number of carbonyl (C=O) groups is 1. The Bertz CT molecular complexity index is 859. The number of carboxylic acid groups (broad SMARTS) is 1. The molecule has 1 aromatic carbocycles. The fourth-order valence-electron chi connectivity index (χ4n) is 3.80. The van der Waals surface area contributed by atoms with Crippen LogP contribution in [0.5, 0.6) is 0 Å². The number of rotatable bonds is 4. The van der Waals surface area contributed by atoms with Crippen molar-refractivity contribution in [3.05, 3.63) is 46.4 Å². The zero-order valence-electron chi connectivity index (χ0n) is 14.7. The first-order chi connectivity index (χ1) is 12.9. The van der Waals surface area contributed by atoms with Crippen LogP contribution in [0.1, 0.15) is 37.3 Å². The average molecular weight is 405 g/mol. The molecule has 0 saturated carbocycles. The minimum Gasteiger partial charge on any atom is -0.549 e. The maximum absolute atomic E-state index is 13.7. The third-order valence-corrected chi connectivity index (χ3v) is 5.10. The summed E-state index contributed by atoms with van der Waals surface area (Å²) in [5.41, 5.74) is -5.52. The second-order valence-corrected chi connectivity index (χ2v) is 6.45. The Labute approximate surface area is 156 Å². The summed E-state index contributed by atoms with van der Waals surface area (Å²) in [6.07, 6.45) is -8.96. The Morgan fingerprint density at radius 3 is 2.43 bits per heavy atom. The molecule has 0 aliphatic carbocycles. The third-order valence-electron chi connectivity index (χ3n) is 5.10. The molecule has 1 aliphatic heterocycles. The topological polar surface area (TPSA) is 75.9 Å². The number of hydrogen-bond acceptors (Lipinski definition) is 4. The van der Waals surface area contributed by atoms with Gasteiger partial charge in [-0.1, -0.05) is 13.0 Å². The van der Waals surface area contributed by atoms with E-state index in [1.54, 1.807) is 6.07 Å². The number of allylic oxidation sites excluding steroid dienone is 2. The van der Waals surface area contributed by atoms with E-state index in [9.17, 15) is 41.5 Å². The van der Waals surface area contributed by atoms with Crippen LogP contribution < -0.4 is 10.4 Å². The van der Waals surface area contributed by atoms with Crippen molar-refractivity contribution < 1.29 is 36.2 Å². The summed E-state index contributed by atoms with van der Waals surface area (Å²) in [7, 11) is 0. The summed E-state index contributed by atoms with van der Waals surface area (Å²) >= 11 is 0. The summed E-state index contributed by atoms with van der Waals surface area (Å²) in [6, 6.07) is 0.984. The van der Waals surface area contributed by atoms with Gasteiger partial charge in [-0.25, -0.2) is 13.2 Å². The molecule has 3 atom stereocenters. The van der Waals surface area contributed by atoms with Gasteiger partial charge in [0.2, 0.25) is 0 Å². The van der Waals surface area contributed by atoms with Crippen LogP contribution in [-0.4, -0.2) is 18.4 Å². The van der Waals surface area contributed by atoms with Gasteiger partial charge in [-0.15, -0.1) is 0 Å². The van der Waals surface area contributed by atoms with Crippen LogP contribution in [0.25, 0.3) is 0 Å². The zero-order valence-corrected chi connectivity index (χ0v) is 14.7. The molecule has 0 amide bonds. The first kappa shape index (κ1) is 21.6. The standard InChI is InChI=1S/C18H16F6N2O2/c1-3-17(16(27)28)13(11(7-25)8(2)26-14(17)15(20)21)10-5-4-9(19)6-12(10)18(22,23)24/h4-6,13-15,26H,3H2,1-2H3,(H,27,28)/p-1. The van der Waals surface area contributed by atoms with Gasteiger partial charge in [-0.2, -0.15) is 18.4 Å². The number of carbonyl (C=O) groups excluding carboxylic acids is 1. The molecule has 3 unspecified atom stereocenters. The number of benzene rings is 1. The van der Waals surface area contributed by atoms with E-state index in [1.807, 2.05) is 0 Å². The quantitative estimate of drug-likeness (QED) is 0.782. The Morgan fingerprint density at radius 2 is 2.00 bits per heavy atom. The molecule has 0 bridgehead atoms. The van der Waals surface area contributed by atoms with Gasteiger partial charge in [-0.3, -0.25) is 0 Å².